The molecule has 6 nitrogen and oxygen atoms in total. The van der Waals surface area contributed by atoms with E-state index in [4.69, 9.17) is 5.11 Å². The minimum Gasteiger partial charge on any atom is -0.396 e. The average Bonchev–Trinajstić information content (AvgIpc) is 2.38. The lowest BCUT2D eigenvalue weighted by atomic mass is 10.2. The van der Waals surface area contributed by atoms with Crippen molar-refractivity contribution in [2.24, 2.45) is 0 Å². The fourth-order valence-corrected chi connectivity index (χ4v) is 2.97. The summed E-state index contributed by atoms with van der Waals surface area (Å²) in [6.07, 6.45) is 1.54. The smallest absolute Gasteiger partial charge is 0.240 e. The highest BCUT2D eigenvalue weighted by Crippen LogP contribution is 2.14. The molecule has 3 N–H and O–H groups in total. The molecule has 0 aromatic heterocycles. The Bertz CT molecular complexity index is 553. The van der Waals surface area contributed by atoms with Crippen LogP contribution in [0.5, 0.6) is 0 Å². The number of hydrogen-bond acceptors (Lipinski definition) is 4. The van der Waals surface area contributed by atoms with Gasteiger partial charge in [0.15, 0.2) is 0 Å². The zero-order valence-electron chi connectivity index (χ0n) is 12.3. The lowest BCUT2D eigenvalue weighted by Gasteiger charge is -2.10. The molecule has 0 aliphatic carbocycles. The van der Waals surface area contributed by atoms with Crippen LogP contribution in [0.25, 0.3) is 0 Å². The first kappa shape index (κ1) is 17.6. The van der Waals surface area contributed by atoms with E-state index in [0.717, 1.165) is 0 Å². The second kappa shape index (κ2) is 8.11. The van der Waals surface area contributed by atoms with E-state index in [1.807, 2.05) is 0 Å². The largest absolute Gasteiger partial charge is 0.396 e. The summed E-state index contributed by atoms with van der Waals surface area (Å²) in [5.41, 5.74) is 0.549. The van der Waals surface area contributed by atoms with Crippen LogP contribution in [0.1, 0.15) is 33.1 Å². The van der Waals surface area contributed by atoms with Crippen molar-refractivity contribution in [3.63, 3.8) is 0 Å². The van der Waals surface area contributed by atoms with Crippen molar-refractivity contribution in [1.29, 1.82) is 0 Å². The van der Waals surface area contributed by atoms with Crippen LogP contribution in [0.2, 0.25) is 0 Å². The van der Waals surface area contributed by atoms with Crippen molar-refractivity contribution in [3.8, 4) is 0 Å². The summed E-state index contributed by atoms with van der Waals surface area (Å²) in [5.74, 6) is -0.153. The number of sulfonamides is 1. The van der Waals surface area contributed by atoms with E-state index in [-0.39, 0.29) is 23.5 Å². The van der Waals surface area contributed by atoms with Gasteiger partial charge in [0.05, 0.1) is 4.90 Å². The molecule has 0 radical (unpaired) electrons. The van der Waals surface area contributed by atoms with Crippen LogP contribution in [0, 0.1) is 0 Å². The zero-order valence-corrected chi connectivity index (χ0v) is 13.1. The first-order chi connectivity index (χ1) is 9.85. The van der Waals surface area contributed by atoms with Crippen LogP contribution < -0.4 is 10.0 Å². The Hall–Kier alpha value is -1.44. The van der Waals surface area contributed by atoms with E-state index in [2.05, 4.69) is 10.0 Å². The molecule has 0 spiro atoms. The molecule has 0 aliphatic heterocycles. The minimum atomic E-state index is -3.51. The third kappa shape index (κ3) is 6.24. The van der Waals surface area contributed by atoms with E-state index >= 15 is 0 Å². The number of rotatable bonds is 8. The SMILES string of the molecule is CC(C)NS(=O)(=O)c1ccc(NC(=O)CCCCO)cc1. The monoisotopic (exact) mass is 314 g/mol. The predicted molar refractivity (Wildman–Crippen MR) is 81.5 cm³/mol. The van der Waals surface area contributed by atoms with Crippen molar-refractivity contribution >= 4 is 21.6 Å². The highest BCUT2D eigenvalue weighted by molar-refractivity contribution is 7.89. The number of carbonyl (C=O) groups excluding carboxylic acids is 1. The Morgan fingerprint density at radius 3 is 2.33 bits per heavy atom. The molecule has 1 amide bonds. The van der Waals surface area contributed by atoms with E-state index in [0.29, 0.717) is 24.9 Å². The fraction of sp³-hybridized carbons (Fsp3) is 0.500. The maximum atomic E-state index is 11.9. The minimum absolute atomic E-state index is 0.0721. The van der Waals surface area contributed by atoms with Gasteiger partial charge in [0.25, 0.3) is 0 Å². The highest BCUT2D eigenvalue weighted by Gasteiger charge is 2.15. The third-order valence-corrected chi connectivity index (χ3v) is 4.33. The van der Waals surface area contributed by atoms with Gasteiger partial charge in [-0.15, -0.1) is 0 Å². The first-order valence-electron chi connectivity index (χ1n) is 6.88. The maximum absolute atomic E-state index is 11.9. The normalized spacial score (nSPS) is 11.6. The third-order valence-electron chi connectivity index (χ3n) is 2.65. The van der Waals surface area contributed by atoms with Crippen LogP contribution in [0.15, 0.2) is 29.2 Å². The number of carbonyl (C=O) groups is 1. The van der Waals surface area contributed by atoms with Gasteiger partial charge in [-0.05, 0) is 51.0 Å². The Kier molecular flexibility index (Phi) is 6.80. The molecule has 1 rings (SSSR count). The van der Waals surface area contributed by atoms with Gasteiger partial charge in [0.1, 0.15) is 0 Å². The number of amides is 1. The van der Waals surface area contributed by atoms with Crippen LogP contribution in [0.4, 0.5) is 5.69 Å². The molecule has 7 heteroatoms. The van der Waals surface area contributed by atoms with E-state index in [1.165, 1.54) is 12.1 Å². The number of hydrogen-bond donors (Lipinski definition) is 3. The standard InChI is InChI=1S/C14H22N2O4S/c1-11(2)16-21(19,20)13-8-6-12(7-9-13)15-14(18)5-3-4-10-17/h6-9,11,16-17H,3-5,10H2,1-2H3,(H,15,18). The zero-order chi connectivity index (χ0) is 15.9. The number of nitrogens with one attached hydrogen (secondary N) is 2. The second-order valence-electron chi connectivity index (χ2n) is 5.03. The number of aliphatic hydroxyl groups is 1. The van der Waals surface area contributed by atoms with Crippen molar-refractivity contribution in [1.82, 2.24) is 4.72 Å². The van der Waals surface area contributed by atoms with E-state index in [9.17, 15) is 13.2 Å². The molecular formula is C14H22N2O4S. The first-order valence-corrected chi connectivity index (χ1v) is 8.36. The van der Waals surface area contributed by atoms with Gasteiger partial charge >= 0.3 is 0 Å². The van der Waals surface area contributed by atoms with E-state index in [1.54, 1.807) is 26.0 Å². The molecule has 0 atom stereocenters. The van der Waals surface area contributed by atoms with Crippen LogP contribution >= 0.6 is 0 Å². The lowest BCUT2D eigenvalue weighted by molar-refractivity contribution is -0.116. The molecule has 1 aromatic rings. The summed E-state index contributed by atoms with van der Waals surface area (Å²) >= 11 is 0. The van der Waals surface area contributed by atoms with Gasteiger partial charge in [-0.2, -0.15) is 0 Å². The average molecular weight is 314 g/mol. The number of aliphatic hydroxyl groups excluding tert-OH is 1. The Morgan fingerprint density at radius 2 is 1.81 bits per heavy atom. The van der Waals surface area contributed by atoms with Crippen LogP contribution in [-0.4, -0.2) is 32.1 Å². The molecule has 0 heterocycles. The number of anilines is 1. The summed E-state index contributed by atoms with van der Waals surface area (Å²) < 4.78 is 26.3. The van der Waals surface area contributed by atoms with Crippen molar-refractivity contribution in [3.05, 3.63) is 24.3 Å². The number of benzene rings is 1. The van der Waals surface area contributed by atoms with Gasteiger partial charge in [0.2, 0.25) is 15.9 Å². The fourth-order valence-electron chi connectivity index (χ4n) is 1.72. The second-order valence-corrected chi connectivity index (χ2v) is 6.74. The van der Waals surface area contributed by atoms with Gasteiger partial charge in [-0.25, -0.2) is 13.1 Å². The topological polar surface area (TPSA) is 95.5 Å². The Morgan fingerprint density at radius 1 is 1.19 bits per heavy atom. The van der Waals surface area contributed by atoms with Crippen molar-refractivity contribution < 1.29 is 18.3 Å². The lowest BCUT2D eigenvalue weighted by Crippen LogP contribution is -2.30. The molecular weight excluding hydrogens is 292 g/mol. The molecule has 0 aliphatic rings. The molecule has 0 bridgehead atoms. The van der Waals surface area contributed by atoms with Crippen molar-refractivity contribution in [2.45, 2.75) is 44.0 Å². The van der Waals surface area contributed by atoms with Gasteiger partial charge in [-0.1, -0.05) is 0 Å². The van der Waals surface area contributed by atoms with Crippen LogP contribution in [0.3, 0.4) is 0 Å². The summed E-state index contributed by atoms with van der Waals surface area (Å²) in [5, 5.41) is 11.3. The molecule has 0 fully saturated rings. The van der Waals surface area contributed by atoms with Crippen LogP contribution in [-0.2, 0) is 14.8 Å². The Labute approximate surface area is 125 Å². The van der Waals surface area contributed by atoms with Gasteiger partial charge in [0, 0.05) is 24.8 Å². The number of unbranched alkanes of at least 4 members (excludes halogenated alkanes) is 1. The molecule has 0 saturated heterocycles. The summed E-state index contributed by atoms with van der Waals surface area (Å²) in [4.78, 5) is 11.8. The molecule has 21 heavy (non-hydrogen) atoms. The van der Waals surface area contributed by atoms with E-state index < -0.39 is 10.0 Å². The quantitative estimate of drug-likeness (QED) is 0.633. The van der Waals surface area contributed by atoms with Gasteiger partial charge < -0.3 is 10.4 Å². The molecule has 0 unspecified atom stereocenters. The molecule has 0 saturated carbocycles. The van der Waals surface area contributed by atoms with Crippen molar-refractivity contribution in [2.75, 3.05) is 11.9 Å². The maximum Gasteiger partial charge on any atom is 0.240 e. The Balaban J connectivity index is 2.64. The van der Waals surface area contributed by atoms with Gasteiger partial charge in [-0.3, -0.25) is 4.79 Å². The highest BCUT2D eigenvalue weighted by atomic mass is 32.2. The molecule has 118 valence electrons. The summed E-state index contributed by atoms with van der Waals surface area (Å²) in [7, 11) is -3.51. The molecule has 1 aromatic carbocycles. The summed E-state index contributed by atoms with van der Waals surface area (Å²) in [6, 6.07) is 5.83. The summed E-state index contributed by atoms with van der Waals surface area (Å²) in [6.45, 7) is 3.57. The predicted octanol–water partition coefficient (Wildman–Crippen LogP) is 1.47.